The van der Waals surface area contributed by atoms with Gasteiger partial charge in [0.1, 0.15) is 11.3 Å². The van der Waals surface area contributed by atoms with Crippen molar-refractivity contribution in [3.63, 3.8) is 0 Å². The third-order valence-corrected chi connectivity index (χ3v) is 3.31. The Morgan fingerprint density at radius 1 is 1.35 bits per heavy atom. The maximum atomic E-state index is 5.93. The van der Waals surface area contributed by atoms with Crippen molar-refractivity contribution in [1.29, 1.82) is 0 Å². The number of hydrogen-bond donors (Lipinski definition) is 0. The summed E-state index contributed by atoms with van der Waals surface area (Å²) in [5.41, 5.74) is 1.48. The number of halogens is 2. The summed E-state index contributed by atoms with van der Waals surface area (Å²) in [7, 11) is 0. The van der Waals surface area contributed by atoms with Crippen LogP contribution in [0.3, 0.4) is 0 Å². The molecule has 0 aliphatic rings. The zero-order valence-corrected chi connectivity index (χ0v) is 12.2. The molecule has 0 saturated heterocycles. The van der Waals surface area contributed by atoms with Crippen molar-refractivity contribution in [2.24, 2.45) is 0 Å². The molecule has 3 aromatic rings. The first-order chi connectivity index (χ1) is 9.67. The van der Waals surface area contributed by atoms with E-state index in [2.05, 4.69) is 20.1 Å². The fourth-order valence-electron chi connectivity index (χ4n) is 2.02. The highest BCUT2D eigenvalue weighted by atomic mass is 35.5. The van der Waals surface area contributed by atoms with Gasteiger partial charge in [0.05, 0.1) is 10.9 Å². The lowest BCUT2D eigenvalue weighted by molar-refractivity contribution is 0.368. The van der Waals surface area contributed by atoms with Crippen molar-refractivity contribution in [2.45, 2.75) is 25.8 Å². The molecule has 0 N–H and O–H groups in total. The Labute approximate surface area is 124 Å². The number of imidazole rings is 1. The number of pyridine rings is 1. The number of aryl methyl sites for hydroxylation is 3. The molecule has 0 aromatic carbocycles. The van der Waals surface area contributed by atoms with E-state index in [1.54, 1.807) is 19.2 Å². The first-order valence-corrected chi connectivity index (χ1v) is 6.94. The van der Waals surface area contributed by atoms with E-state index in [1.807, 2.05) is 4.57 Å². The summed E-state index contributed by atoms with van der Waals surface area (Å²) in [5.74, 6) is 2.25. The molecule has 0 saturated carbocycles. The van der Waals surface area contributed by atoms with Crippen molar-refractivity contribution >= 4 is 34.4 Å². The van der Waals surface area contributed by atoms with Crippen LogP contribution in [0.15, 0.2) is 16.8 Å². The predicted octanol–water partition coefficient (Wildman–Crippen LogP) is 2.76. The van der Waals surface area contributed by atoms with Gasteiger partial charge in [0.25, 0.3) is 0 Å². The zero-order valence-electron chi connectivity index (χ0n) is 10.7. The van der Waals surface area contributed by atoms with Gasteiger partial charge in [0, 0.05) is 19.2 Å². The summed E-state index contributed by atoms with van der Waals surface area (Å²) >= 11 is 11.9. The van der Waals surface area contributed by atoms with Crippen molar-refractivity contribution < 1.29 is 4.52 Å². The van der Waals surface area contributed by atoms with Gasteiger partial charge in [-0.15, -0.1) is 11.6 Å². The molecular weight excluding hydrogens is 301 g/mol. The van der Waals surface area contributed by atoms with Gasteiger partial charge in [0.2, 0.25) is 5.89 Å². The number of aromatic nitrogens is 5. The number of fused-ring (bicyclic) bond motifs is 1. The summed E-state index contributed by atoms with van der Waals surface area (Å²) in [5, 5.41) is 4.31. The van der Waals surface area contributed by atoms with Crippen molar-refractivity contribution in [1.82, 2.24) is 24.7 Å². The summed E-state index contributed by atoms with van der Waals surface area (Å²) < 4.78 is 7.04. The van der Waals surface area contributed by atoms with Gasteiger partial charge < -0.3 is 9.09 Å². The summed E-state index contributed by atoms with van der Waals surface area (Å²) in [6.45, 7) is 2.40. The van der Waals surface area contributed by atoms with E-state index in [1.165, 1.54) is 0 Å². The van der Waals surface area contributed by atoms with Crippen LogP contribution in [0.5, 0.6) is 0 Å². The number of hydrogen-bond acceptors (Lipinski definition) is 5. The first kappa shape index (κ1) is 13.3. The molecule has 0 radical (unpaired) electrons. The number of nitrogens with zero attached hydrogens (tertiary/aromatic N) is 5. The van der Waals surface area contributed by atoms with Crippen LogP contribution in [-0.2, 0) is 18.8 Å². The van der Waals surface area contributed by atoms with Crippen LogP contribution in [0, 0.1) is 6.92 Å². The molecule has 3 heterocycles. The zero-order chi connectivity index (χ0) is 14.1. The minimum Gasteiger partial charge on any atom is -0.339 e. The van der Waals surface area contributed by atoms with Gasteiger partial charge in [-0.25, -0.2) is 9.97 Å². The van der Waals surface area contributed by atoms with E-state index in [-0.39, 0.29) is 0 Å². The van der Waals surface area contributed by atoms with Crippen LogP contribution >= 0.6 is 23.2 Å². The van der Waals surface area contributed by atoms with Gasteiger partial charge in [-0.3, -0.25) is 0 Å². The van der Waals surface area contributed by atoms with E-state index < -0.39 is 0 Å². The topological polar surface area (TPSA) is 69.6 Å². The minimum absolute atomic E-state index is 0.302. The first-order valence-electron chi connectivity index (χ1n) is 6.03. The molecule has 0 amide bonds. The van der Waals surface area contributed by atoms with Gasteiger partial charge in [-0.2, -0.15) is 4.98 Å². The quantitative estimate of drug-likeness (QED) is 0.693. The molecule has 0 spiro atoms. The SMILES string of the molecule is Cc1noc(CCn2c(CCl)nc3cc(Cl)cnc32)n1. The Morgan fingerprint density at radius 2 is 2.20 bits per heavy atom. The lowest BCUT2D eigenvalue weighted by Crippen LogP contribution is -2.06. The number of alkyl halides is 1. The van der Waals surface area contributed by atoms with Crippen molar-refractivity contribution in [2.75, 3.05) is 0 Å². The van der Waals surface area contributed by atoms with Crippen molar-refractivity contribution in [3.05, 3.63) is 34.8 Å². The molecule has 0 bridgehead atoms. The molecule has 3 rings (SSSR count). The lowest BCUT2D eigenvalue weighted by atomic mass is 10.4. The minimum atomic E-state index is 0.302. The van der Waals surface area contributed by atoms with Gasteiger partial charge >= 0.3 is 0 Å². The maximum absolute atomic E-state index is 5.93. The third kappa shape index (κ3) is 2.48. The smallest absolute Gasteiger partial charge is 0.228 e. The van der Waals surface area contributed by atoms with E-state index in [4.69, 9.17) is 27.7 Å². The fraction of sp³-hybridized carbons (Fsp3) is 0.333. The lowest BCUT2D eigenvalue weighted by Gasteiger charge is -2.04. The standard InChI is InChI=1S/C12H11Cl2N5O/c1-7-16-11(20-18-7)2-3-19-10(5-13)17-9-4-8(14)6-15-12(9)19/h4,6H,2-3,5H2,1H3. The molecular formula is C12H11Cl2N5O. The maximum Gasteiger partial charge on any atom is 0.228 e. The third-order valence-electron chi connectivity index (χ3n) is 2.87. The molecule has 0 aliphatic heterocycles. The van der Waals surface area contributed by atoms with Crippen LogP contribution in [0.1, 0.15) is 17.5 Å². The monoisotopic (exact) mass is 311 g/mol. The highest BCUT2D eigenvalue weighted by Gasteiger charge is 2.13. The summed E-state index contributed by atoms with van der Waals surface area (Å²) in [6, 6.07) is 1.77. The Balaban J connectivity index is 1.93. The summed E-state index contributed by atoms with van der Waals surface area (Å²) in [4.78, 5) is 12.9. The Bertz CT molecular complexity index is 751. The van der Waals surface area contributed by atoms with E-state index >= 15 is 0 Å². The van der Waals surface area contributed by atoms with Crippen LogP contribution in [0.4, 0.5) is 0 Å². The van der Waals surface area contributed by atoms with Gasteiger partial charge in [-0.1, -0.05) is 16.8 Å². The molecule has 8 heteroatoms. The van der Waals surface area contributed by atoms with Crippen LogP contribution < -0.4 is 0 Å². The fourth-order valence-corrected chi connectivity index (χ4v) is 2.38. The van der Waals surface area contributed by atoms with Crippen LogP contribution in [0.25, 0.3) is 11.2 Å². The predicted molar refractivity (Wildman–Crippen MR) is 74.8 cm³/mol. The van der Waals surface area contributed by atoms with E-state index in [9.17, 15) is 0 Å². The molecule has 3 aromatic heterocycles. The highest BCUT2D eigenvalue weighted by Crippen LogP contribution is 2.19. The molecule has 0 aliphatic carbocycles. The Kier molecular flexibility index (Phi) is 3.58. The highest BCUT2D eigenvalue weighted by molar-refractivity contribution is 6.31. The van der Waals surface area contributed by atoms with E-state index in [0.717, 1.165) is 17.0 Å². The Morgan fingerprint density at radius 3 is 2.90 bits per heavy atom. The van der Waals surface area contributed by atoms with E-state index in [0.29, 0.717) is 35.6 Å². The second kappa shape index (κ2) is 5.38. The van der Waals surface area contributed by atoms with Crippen LogP contribution in [0.2, 0.25) is 5.02 Å². The van der Waals surface area contributed by atoms with Gasteiger partial charge in [0.15, 0.2) is 11.5 Å². The second-order valence-electron chi connectivity index (χ2n) is 4.29. The molecule has 0 unspecified atom stereocenters. The molecule has 6 nitrogen and oxygen atoms in total. The Hall–Kier alpha value is -1.66. The van der Waals surface area contributed by atoms with Gasteiger partial charge in [-0.05, 0) is 13.0 Å². The molecule has 20 heavy (non-hydrogen) atoms. The second-order valence-corrected chi connectivity index (χ2v) is 5.00. The summed E-state index contributed by atoms with van der Waals surface area (Å²) in [6.07, 6.45) is 2.19. The average molecular weight is 312 g/mol. The normalized spacial score (nSPS) is 11.3. The average Bonchev–Trinajstić information content (AvgIpc) is 2.99. The largest absolute Gasteiger partial charge is 0.339 e. The van der Waals surface area contributed by atoms with Crippen LogP contribution in [-0.4, -0.2) is 24.7 Å². The number of rotatable bonds is 4. The molecule has 104 valence electrons. The molecule has 0 fully saturated rings. The van der Waals surface area contributed by atoms with Crippen molar-refractivity contribution in [3.8, 4) is 0 Å². The molecule has 0 atom stereocenters.